The molecule has 0 fully saturated rings. The minimum atomic E-state index is -0.0777. The van der Waals surface area contributed by atoms with Gasteiger partial charge in [0.1, 0.15) is 0 Å². The lowest BCUT2D eigenvalue weighted by molar-refractivity contribution is 0.632. The van der Waals surface area contributed by atoms with E-state index in [1.54, 1.807) is 0 Å². The van der Waals surface area contributed by atoms with Gasteiger partial charge in [-0.25, -0.2) is 0 Å². The summed E-state index contributed by atoms with van der Waals surface area (Å²) in [4.78, 5) is 5.24. The summed E-state index contributed by atoms with van der Waals surface area (Å²) in [6.45, 7) is 19.0. The van der Waals surface area contributed by atoms with Crippen molar-refractivity contribution < 1.29 is 0 Å². The lowest BCUT2D eigenvalue weighted by Gasteiger charge is -2.42. The highest BCUT2D eigenvalue weighted by molar-refractivity contribution is 8.00. The van der Waals surface area contributed by atoms with Crippen LogP contribution in [0.5, 0.6) is 0 Å². The van der Waals surface area contributed by atoms with Crippen molar-refractivity contribution in [2.75, 3.05) is 4.90 Å². The average Bonchev–Trinajstić information content (AvgIpc) is 3.03. The molecule has 0 unspecified atom stereocenters. The van der Waals surface area contributed by atoms with Crippen molar-refractivity contribution >= 4 is 51.9 Å². The Labute approximate surface area is 275 Å². The zero-order chi connectivity index (χ0) is 31.6. The summed E-state index contributed by atoms with van der Waals surface area (Å²) < 4.78 is 0. The van der Waals surface area contributed by atoms with Gasteiger partial charge in [-0.05, 0) is 82.0 Å². The van der Waals surface area contributed by atoms with Crippen molar-refractivity contribution in [2.45, 2.75) is 88.3 Å². The molecule has 1 nitrogen and oxygen atoms in total. The van der Waals surface area contributed by atoms with Gasteiger partial charge < -0.3 is 4.90 Å². The second-order valence-electron chi connectivity index (χ2n) is 14.4. The van der Waals surface area contributed by atoms with Crippen molar-refractivity contribution in [1.29, 1.82) is 0 Å². The van der Waals surface area contributed by atoms with Crippen LogP contribution in [-0.4, -0.2) is 6.71 Å². The van der Waals surface area contributed by atoms with Crippen molar-refractivity contribution in [3.05, 3.63) is 131 Å². The molecule has 0 spiro atoms. The largest absolute Gasteiger partial charge is 0.310 e. The Kier molecular flexibility index (Phi) is 7.52. The summed E-state index contributed by atoms with van der Waals surface area (Å²) in [5.74, 6) is 1.34. The standard InChI is InChI=1S/C42H44BNS/c1-26(2)29-23-31(27(3)4)41(32(24-29)28(5)6)43-35-17-11-14-20-39(35)45-40-22-21-30(25-36(40)43)44-37-18-12-9-15-33(37)42(7,8)34-16-10-13-19-38(34)44/h9-28H,1-8H3. The molecule has 0 amide bonds. The average molecular weight is 606 g/mol. The fourth-order valence-electron chi connectivity index (χ4n) is 7.69. The highest BCUT2D eigenvalue weighted by Gasteiger charge is 2.39. The van der Waals surface area contributed by atoms with E-state index in [4.69, 9.17) is 0 Å². The molecule has 7 rings (SSSR count). The van der Waals surface area contributed by atoms with E-state index < -0.39 is 0 Å². The molecule has 0 N–H and O–H groups in total. The highest BCUT2D eigenvalue weighted by Crippen LogP contribution is 2.51. The minimum absolute atomic E-state index is 0.0777. The topological polar surface area (TPSA) is 3.24 Å². The van der Waals surface area contributed by atoms with E-state index in [1.165, 1.54) is 71.1 Å². The van der Waals surface area contributed by atoms with Crippen molar-refractivity contribution in [3.8, 4) is 0 Å². The number of anilines is 3. The first kappa shape index (κ1) is 30.0. The maximum absolute atomic E-state index is 2.52. The van der Waals surface area contributed by atoms with E-state index >= 15 is 0 Å². The fraction of sp³-hybridized carbons (Fsp3) is 0.286. The molecular weight excluding hydrogens is 561 g/mol. The van der Waals surface area contributed by atoms with Gasteiger partial charge in [-0.3, -0.25) is 0 Å². The maximum atomic E-state index is 2.52. The van der Waals surface area contributed by atoms with Gasteiger partial charge in [0, 0.05) is 20.9 Å². The molecule has 0 radical (unpaired) electrons. The van der Waals surface area contributed by atoms with Gasteiger partial charge in [0.15, 0.2) is 0 Å². The first-order valence-electron chi connectivity index (χ1n) is 16.7. The van der Waals surface area contributed by atoms with Crippen LogP contribution in [0, 0.1) is 0 Å². The van der Waals surface area contributed by atoms with Crippen LogP contribution in [0.25, 0.3) is 0 Å². The Bertz CT molecular complexity index is 1840. The van der Waals surface area contributed by atoms with Gasteiger partial charge in [-0.15, -0.1) is 0 Å². The van der Waals surface area contributed by atoms with Gasteiger partial charge in [0.25, 0.3) is 0 Å². The van der Waals surface area contributed by atoms with Gasteiger partial charge in [0.2, 0.25) is 6.71 Å². The van der Waals surface area contributed by atoms with E-state index in [-0.39, 0.29) is 12.1 Å². The SMILES string of the molecule is CC(C)c1cc(C(C)C)c(B2c3ccccc3Sc3ccc(N4c5ccccc5C(C)(C)c5ccccc54)cc32)c(C(C)C)c1. The van der Waals surface area contributed by atoms with E-state index in [0.717, 1.165) is 0 Å². The molecule has 2 aliphatic heterocycles. The zero-order valence-electron chi connectivity index (χ0n) is 28.0. The third kappa shape index (κ3) is 4.86. The molecule has 0 bridgehead atoms. The summed E-state index contributed by atoms with van der Waals surface area (Å²) >= 11 is 1.93. The highest BCUT2D eigenvalue weighted by atomic mass is 32.2. The first-order valence-corrected chi connectivity index (χ1v) is 17.5. The molecule has 0 aromatic heterocycles. The molecule has 0 saturated carbocycles. The monoisotopic (exact) mass is 605 g/mol. The van der Waals surface area contributed by atoms with Gasteiger partial charge in [0.05, 0.1) is 11.4 Å². The Hall–Kier alpha value is -3.69. The van der Waals surface area contributed by atoms with Crippen molar-refractivity contribution in [1.82, 2.24) is 0 Å². The smallest absolute Gasteiger partial charge is 0.244 e. The second kappa shape index (κ2) is 11.3. The van der Waals surface area contributed by atoms with Crippen LogP contribution >= 0.6 is 11.8 Å². The van der Waals surface area contributed by atoms with Crippen LogP contribution in [-0.2, 0) is 5.41 Å². The summed E-state index contributed by atoms with van der Waals surface area (Å²) in [5.41, 5.74) is 15.2. The van der Waals surface area contributed by atoms with Gasteiger partial charge >= 0.3 is 0 Å². The number of nitrogens with zero attached hydrogens (tertiary/aromatic N) is 1. The number of benzene rings is 5. The summed E-state index contributed by atoms with van der Waals surface area (Å²) in [7, 11) is 0. The minimum Gasteiger partial charge on any atom is -0.310 e. The summed E-state index contributed by atoms with van der Waals surface area (Å²) in [6.07, 6.45) is 0. The van der Waals surface area contributed by atoms with Crippen LogP contribution < -0.4 is 21.3 Å². The van der Waals surface area contributed by atoms with Gasteiger partial charge in [-0.1, -0.05) is 150 Å². The Morgan fingerprint density at radius 3 is 1.69 bits per heavy atom. The van der Waals surface area contributed by atoms with Crippen LogP contribution in [0.1, 0.15) is 101 Å². The molecule has 226 valence electrons. The third-order valence-electron chi connectivity index (χ3n) is 10.1. The number of rotatable bonds is 5. The maximum Gasteiger partial charge on any atom is 0.244 e. The van der Waals surface area contributed by atoms with Crippen LogP contribution in [0.4, 0.5) is 17.1 Å². The number of para-hydroxylation sites is 2. The van der Waals surface area contributed by atoms with E-state index in [0.29, 0.717) is 17.8 Å². The lowest BCUT2D eigenvalue weighted by Crippen LogP contribution is -2.57. The first-order chi connectivity index (χ1) is 21.6. The Morgan fingerprint density at radius 2 is 1.11 bits per heavy atom. The predicted molar refractivity (Wildman–Crippen MR) is 197 cm³/mol. The molecule has 5 aromatic rings. The zero-order valence-corrected chi connectivity index (χ0v) is 28.8. The van der Waals surface area contributed by atoms with Crippen LogP contribution in [0.2, 0.25) is 0 Å². The van der Waals surface area contributed by atoms with Crippen LogP contribution in [0.15, 0.2) is 113 Å². The molecule has 5 aromatic carbocycles. The predicted octanol–water partition coefficient (Wildman–Crippen LogP) is 10.1. The molecule has 0 aliphatic carbocycles. The molecule has 0 saturated heterocycles. The number of hydrogen-bond donors (Lipinski definition) is 0. The lowest BCUT2D eigenvalue weighted by atomic mass is 9.34. The van der Waals surface area contributed by atoms with Crippen molar-refractivity contribution in [3.63, 3.8) is 0 Å². The molecule has 2 heterocycles. The molecule has 0 atom stereocenters. The number of fused-ring (bicyclic) bond motifs is 4. The second-order valence-corrected chi connectivity index (χ2v) is 15.5. The summed E-state index contributed by atoms with van der Waals surface area (Å²) in [6, 6.07) is 39.3. The summed E-state index contributed by atoms with van der Waals surface area (Å²) in [5, 5.41) is 0. The normalized spacial score (nSPS) is 14.8. The Balaban J connectivity index is 1.51. The number of hydrogen-bond acceptors (Lipinski definition) is 2. The van der Waals surface area contributed by atoms with Crippen molar-refractivity contribution in [2.24, 2.45) is 0 Å². The fourth-order valence-corrected chi connectivity index (χ4v) is 8.81. The van der Waals surface area contributed by atoms with E-state index in [2.05, 4.69) is 163 Å². The quantitative estimate of drug-likeness (QED) is 0.180. The molecule has 45 heavy (non-hydrogen) atoms. The Morgan fingerprint density at radius 1 is 0.578 bits per heavy atom. The van der Waals surface area contributed by atoms with Crippen LogP contribution in [0.3, 0.4) is 0 Å². The molecule has 3 heteroatoms. The van der Waals surface area contributed by atoms with Gasteiger partial charge in [-0.2, -0.15) is 0 Å². The molecule has 2 aliphatic rings. The van der Waals surface area contributed by atoms with E-state index in [9.17, 15) is 0 Å². The van der Waals surface area contributed by atoms with E-state index in [1.807, 2.05) is 11.8 Å². The third-order valence-corrected chi connectivity index (χ3v) is 11.3. The molecular formula is C42H44BNS.